The van der Waals surface area contributed by atoms with E-state index in [-0.39, 0.29) is 18.1 Å². The molecule has 0 aromatic heterocycles. The molecular weight excluding hydrogens is 350 g/mol. The maximum atomic E-state index is 12.5. The van der Waals surface area contributed by atoms with E-state index in [1.54, 1.807) is 0 Å². The fourth-order valence-electron chi connectivity index (χ4n) is 4.20. The Labute approximate surface area is 163 Å². The van der Waals surface area contributed by atoms with Crippen molar-refractivity contribution in [3.05, 3.63) is 83.9 Å². The average molecular weight is 371 g/mol. The quantitative estimate of drug-likeness (QED) is 0.599. The molecule has 4 heteroatoms. The Bertz CT molecular complexity index is 1080. The van der Waals surface area contributed by atoms with Crippen LogP contribution in [-0.4, -0.2) is 18.3 Å². The minimum atomic E-state index is -0.448. The van der Waals surface area contributed by atoms with Gasteiger partial charge in [0.25, 0.3) is 0 Å². The van der Waals surface area contributed by atoms with Crippen molar-refractivity contribution in [2.45, 2.75) is 31.5 Å². The lowest BCUT2D eigenvalue weighted by Gasteiger charge is -2.26. The van der Waals surface area contributed by atoms with Gasteiger partial charge in [-0.25, -0.2) is 4.79 Å². The molecule has 2 aliphatic rings. The molecule has 3 aromatic rings. The molecule has 3 atom stereocenters. The van der Waals surface area contributed by atoms with Crippen LogP contribution in [0, 0.1) is 6.92 Å². The van der Waals surface area contributed by atoms with Crippen molar-refractivity contribution >= 4 is 22.6 Å². The van der Waals surface area contributed by atoms with Crippen LogP contribution < -0.4 is 10.1 Å². The molecule has 1 amide bonds. The molecule has 0 fully saturated rings. The van der Waals surface area contributed by atoms with Crippen molar-refractivity contribution in [2.75, 3.05) is 5.32 Å². The second kappa shape index (κ2) is 6.71. The van der Waals surface area contributed by atoms with Gasteiger partial charge >= 0.3 is 6.09 Å². The summed E-state index contributed by atoms with van der Waals surface area (Å²) in [5.74, 6) is 1.21. The van der Waals surface area contributed by atoms with E-state index in [4.69, 9.17) is 9.47 Å². The lowest BCUT2D eigenvalue weighted by Crippen LogP contribution is -2.31. The van der Waals surface area contributed by atoms with Crippen LogP contribution >= 0.6 is 0 Å². The van der Waals surface area contributed by atoms with E-state index in [0.717, 1.165) is 27.8 Å². The number of aryl methyl sites for hydroxylation is 1. The Morgan fingerprint density at radius 1 is 1.04 bits per heavy atom. The average Bonchev–Trinajstić information content (AvgIpc) is 3.07. The summed E-state index contributed by atoms with van der Waals surface area (Å²) in [5, 5.41) is 4.95. The van der Waals surface area contributed by atoms with Gasteiger partial charge in [-0.2, -0.15) is 0 Å². The number of anilines is 1. The summed E-state index contributed by atoms with van der Waals surface area (Å²) in [6.07, 6.45) is 4.00. The molecule has 0 radical (unpaired) electrons. The Morgan fingerprint density at radius 3 is 2.79 bits per heavy atom. The van der Waals surface area contributed by atoms with Crippen LogP contribution in [0.5, 0.6) is 5.75 Å². The molecule has 0 bridgehead atoms. The molecular formula is C24H21NO3. The van der Waals surface area contributed by atoms with Crippen molar-refractivity contribution in [2.24, 2.45) is 0 Å². The number of rotatable bonds is 2. The van der Waals surface area contributed by atoms with Gasteiger partial charge in [-0.3, -0.25) is 5.32 Å². The summed E-state index contributed by atoms with van der Waals surface area (Å²) in [7, 11) is 0. The van der Waals surface area contributed by atoms with E-state index in [2.05, 4.69) is 36.5 Å². The summed E-state index contributed by atoms with van der Waals surface area (Å²) < 4.78 is 11.8. The third kappa shape index (κ3) is 2.91. The van der Waals surface area contributed by atoms with Crippen LogP contribution in [-0.2, 0) is 4.74 Å². The first kappa shape index (κ1) is 16.9. The van der Waals surface area contributed by atoms with Crippen LogP contribution in [0.25, 0.3) is 10.8 Å². The second-order valence-electron chi connectivity index (χ2n) is 7.39. The molecule has 1 aliphatic heterocycles. The molecule has 0 spiro atoms. The fraction of sp³-hybridized carbons (Fsp3) is 0.208. The Kier molecular flexibility index (Phi) is 4.05. The number of ether oxygens (including phenoxy) is 2. The van der Waals surface area contributed by atoms with Gasteiger partial charge in [0.2, 0.25) is 0 Å². The SMILES string of the molecule is Cc1cccc2c1O[C@H]1C[C@@H](OC(=O)Nc3cccc4ccccc34)C=C[C@@H]21. The Morgan fingerprint density at radius 2 is 1.86 bits per heavy atom. The zero-order chi connectivity index (χ0) is 19.1. The molecule has 1 N–H and O–H groups in total. The minimum Gasteiger partial charge on any atom is -0.489 e. The highest BCUT2D eigenvalue weighted by atomic mass is 16.6. The van der Waals surface area contributed by atoms with Gasteiger partial charge in [0.05, 0.1) is 5.69 Å². The summed E-state index contributed by atoms with van der Waals surface area (Å²) >= 11 is 0. The lowest BCUT2D eigenvalue weighted by atomic mass is 9.87. The van der Waals surface area contributed by atoms with E-state index in [9.17, 15) is 4.79 Å². The van der Waals surface area contributed by atoms with Gasteiger partial charge in [-0.15, -0.1) is 0 Å². The highest BCUT2D eigenvalue weighted by Crippen LogP contribution is 2.44. The summed E-state index contributed by atoms with van der Waals surface area (Å²) in [6.45, 7) is 2.06. The molecule has 0 saturated carbocycles. The summed E-state index contributed by atoms with van der Waals surface area (Å²) in [6, 6.07) is 20.0. The van der Waals surface area contributed by atoms with Crippen LogP contribution in [0.4, 0.5) is 10.5 Å². The molecule has 28 heavy (non-hydrogen) atoms. The van der Waals surface area contributed by atoms with Crippen molar-refractivity contribution < 1.29 is 14.3 Å². The van der Waals surface area contributed by atoms with E-state index in [0.29, 0.717) is 6.42 Å². The summed E-state index contributed by atoms with van der Waals surface area (Å²) in [5.41, 5.74) is 3.12. The van der Waals surface area contributed by atoms with Crippen molar-refractivity contribution in [3.63, 3.8) is 0 Å². The van der Waals surface area contributed by atoms with E-state index >= 15 is 0 Å². The highest BCUT2D eigenvalue weighted by Gasteiger charge is 2.38. The predicted octanol–water partition coefficient (Wildman–Crippen LogP) is 5.57. The van der Waals surface area contributed by atoms with E-state index in [1.165, 1.54) is 5.56 Å². The molecule has 0 saturated heterocycles. The topological polar surface area (TPSA) is 47.6 Å². The van der Waals surface area contributed by atoms with Crippen molar-refractivity contribution in [3.8, 4) is 5.75 Å². The number of amides is 1. The Hall–Kier alpha value is -3.27. The molecule has 0 unspecified atom stereocenters. The lowest BCUT2D eigenvalue weighted by molar-refractivity contribution is 0.0903. The third-order valence-corrected chi connectivity index (χ3v) is 5.55. The predicted molar refractivity (Wildman–Crippen MR) is 110 cm³/mol. The standard InChI is InChI=1S/C24H21NO3/c1-15-6-4-10-20-19-13-12-17(14-22(19)28-23(15)20)27-24(26)25-21-11-5-8-16-7-2-3-9-18(16)21/h2-13,17,19,22H,14H2,1H3,(H,25,26)/t17-,19-,22-/m0/s1. The van der Waals surface area contributed by atoms with Crippen LogP contribution in [0.1, 0.15) is 23.5 Å². The number of fused-ring (bicyclic) bond motifs is 4. The first-order chi connectivity index (χ1) is 13.7. The molecule has 3 aromatic carbocycles. The first-order valence-corrected chi connectivity index (χ1v) is 9.59. The van der Waals surface area contributed by atoms with Crippen LogP contribution in [0.15, 0.2) is 72.8 Å². The summed E-state index contributed by atoms with van der Waals surface area (Å²) in [4.78, 5) is 12.5. The van der Waals surface area contributed by atoms with E-state index < -0.39 is 6.09 Å². The molecule has 5 rings (SSSR count). The van der Waals surface area contributed by atoms with Gasteiger partial charge in [0.1, 0.15) is 18.0 Å². The third-order valence-electron chi connectivity index (χ3n) is 5.55. The second-order valence-corrected chi connectivity index (χ2v) is 7.39. The number of hydrogen-bond acceptors (Lipinski definition) is 3. The van der Waals surface area contributed by atoms with Gasteiger partial charge in [-0.05, 0) is 30.0 Å². The number of carbonyl (C=O) groups excluding carboxylic acids is 1. The van der Waals surface area contributed by atoms with Gasteiger partial charge < -0.3 is 9.47 Å². The largest absolute Gasteiger partial charge is 0.489 e. The molecule has 4 nitrogen and oxygen atoms in total. The van der Waals surface area contributed by atoms with Crippen LogP contribution in [0.2, 0.25) is 0 Å². The molecule has 1 heterocycles. The van der Waals surface area contributed by atoms with Gasteiger partial charge in [-0.1, -0.05) is 60.7 Å². The maximum Gasteiger partial charge on any atom is 0.412 e. The van der Waals surface area contributed by atoms with E-state index in [1.807, 2.05) is 48.5 Å². The van der Waals surface area contributed by atoms with Gasteiger partial charge in [0.15, 0.2) is 0 Å². The maximum absolute atomic E-state index is 12.5. The van der Waals surface area contributed by atoms with Crippen LogP contribution in [0.3, 0.4) is 0 Å². The fourth-order valence-corrected chi connectivity index (χ4v) is 4.20. The minimum absolute atomic E-state index is 0.0106. The normalized spacial score (nSPS) is 22.2. The molecule has 1 aliphatic carbocycles. The number of benzene rings is 3. The van der Waals surface area contributed by atoms with Crippen molar-refractivity contribution in [1.82, 2.24) is 0 Å². The number of nitrogens with one attached hydrogen (secondary N) is 1. The number of carbonyl (C=O) groups is 1. The van der Waals surface area contributed by atoms with Gasteiger partial charge in [0, 0.05) is 23.3 Å². The molecule has 140 valence electrons. The first-order valence-electron chi connectivity index (χ1n) is 9.59. The monoisotopic (exact) mass is 371 g/mol. The smallest absolute Gasteiger partial charge is 0.412 e. The van der Waals surface area contributed by atoms with Crippen molar-refractivity contribution in [1.29, 1.82) is 0 Å². The zero-order valence-corrected chi connectivity index (χ0v) is 15.6. The Balaban J connectivity index is 1.29. The number of hydrogen-bond donors (Lipinski definition) is 1. The zero-order valence-electron chi connectivity index (χ0n) is 15.6. The highest BCUT2D eigenvalue weighted by molar-refractivity contribution is 6.00. The number of para-hydroxylation sites is 1.